The molecule has 0 radical (unpaired) electrons. The van der Waals surface area contributed by atoms with Gasteiger partial charge in [-0.3, -0.25) is 9.69 Å². The Morgan fingerprint density at radius 1 is 1.32 bits per heavy atom. The molecule has 0 unspecified atom stereocenters. The Bertz CT molecular complexity index is 663. The van der Waals surface area contributed by atoms with Crippen molar-refractivity contribution in [1.29, 1.82) is 0 Å². The molecule has 0 saturated carbocycles. The molecule has 1 aliphatic rings. The van der Waals surface area contributed by atoms with E-state index in [0.717, 1.165) is 43.9 Å². The normalized spacial score (nSPS) is 15.3. The van der Waals surface area contributed by atoms with Crippen LogP contribution in [0.1, 0.15) is 51.7 Å². The summed E-state index contributed by atoms with van der Waals surface area (Å²) in [5.74, 6) is 4.02. The van der Waals surface area contributed by atoms with Gasteiger partial charge in [-0.05, 0) is 30.9 Å². The molecule has 0 aliphatic carbocycles. The highest BCUT2D eigenvalue weighted by Crippen LogP contribution is 2.15. The quantitative estimate of drug-likeness (QED) is 0.182. The number of hydrogen-bond donors (Lipinski definition) is 5. The Morgan fingerprint density at radius 2 is 1.94 bits per heavy atom. The Morgan fingerprint density at radius 3 is 2.42 bits per heavy atom. The van der Waals surface area contributed by atoms with Gasteiger partial charge in [-0.1, -0.05) is 39.8 Å². The van der Waals surface area contributed by atoms with E-state index in [1.807, 2.05) is 52.3 Å². The summed E-state index contributed by atoms with van der Waals surface area (Å²) in [5, 5.41) is 15.7. The number of carbonyl (C=O) groups is 1. The van der Waals surface area contributed by atoms with Crippen molar-refractivity contribution in [3.8, 4) is 0 Å². The largest absolute Gasteiger partial charge is 0.481 e. The minimum Gasteiger partial charge on any atom is -0.481 e. The molecular formula is C22H41FN6O2. The van der Waals surface area contributed by atoms with Crippen LogP contribution in [0.2, 0.25) is 0 Å². The Hall–Kier alpha value is -2.23. The van der Waals surface area contributed by atoms with E-state index in [-0.39, 0.29) is 18.1 Å². The van der Waals surface area contributed by atoms with Crippen LogP contribution in [0.15, 0.2) is 23.3 Å². The second kappa shape index (κ2) is 16.5. The lowest BCUT2D eigenvalue weighted by molar-refractivity contribution is -0.142. The molecule has 0 aromatic heterocycles. The van der Waals surface area contributed by atoms with Crippen molar-refractivity contribution in [1.82, 2.24) is 15.8 Å². The molecule has 1 aromatic carbocycles. The summed E-state index contributed by atoms with van der Waals surface area (Å²) >= 11 is 0. The number of hydrazine groups is 1. The predicted molar refractivity (Wildman–Crippen MR) is 125 cm³/mol. The number of nitrogens with zero attached hydrogens (tertiary/aromatic N) is 2. The average Bonchev–Trinajstić information content (AvgIpc) is 2.72. The van der Waals surface area contributed by atoms with Crippen LogP contribution in [0.25, 0.3) is 0 Å². The van der Waals surface area contributed by atoms with Gasteiger partial charge in [0, 0.05) is 44.7 Å². The number of aliphatic carboxylic acids is 1. The summed E-state index contributed by atoms with van der Waals surface area (Å²) in [6, 6.07) is 5.48. The first-order valence-electron chi connectivity index (χ1n) is 10.9. The summed E-state index contributed by atoms with van der Waals surface area (Å²) in [5.41, 5.74) is 9.27. The fourth-order valence-corrected chi connectivity index (χ4v) is 3.11. The molecule has 1 aliphatic heterocycles. The molecule has 1 atom stereocenters. The van der Waals surface area contributed by atoms with Crippen LogP contribution in [0.3, 0.4) is 0 Å². The maximum Gasteiger partial charge on any atom is 0.306 e. The van der Waals surface area contributed by atoms with Gasteiger partial charge in [-0.25, -0.2) is 15.8 Å². The minimum absolute atomic E-state index is 0.0754. The van der Waals surface area contributed by atoms with Gasteiger partial charge in [0.05, 0.1) is 5.92 Å². The summed E-state index contributed by atoms with van der Waals surface area (Å²) in [7, 11) is 0. The van der Waals surface area contributed by atoms with Crippen LogP contribution in [-0.2, 0) is 11.3 Å². The molecule has 0 bridgehead atoms. The highest BCUT2D eigenvalue weighted by molar-refractivity contribution is 5.84. The van der Waals surface area contributed by atoms with Crippen molar-refractivity contribution in [3.05, 3.63) is 35.1 Å². The van der Waals surface area contributed by atoms with E-state index in [4.69, 9.17) is 16.7 Å². The summed E-state index contributed by atoms with van der Waals surface area (Å²) in [6.45, 7) is 14.6. The number of carboxylic acid groups (broad SMARTS) is 1. The maximum atomic E-state index is 13.6. The van der Waals surface area contributed by atoms with E-state index in [1.165, 1.54) is 0 Å². The molecule has 1 aromatic rings. The highest BCUT2D eigenvalue weighted by Gasteiger charge is 2.20. The zero-order valence-corrected chi connectivity index (χ0v) is 19.6. The number of halogens is 1. The van der Waals surface area contributed by atoms with Crippen LogP contribution in [0.4, 0.5) is 4.39 Å². The van der Waals surface area contributed by atoms with E-state index < -0.39 is 11.9 Å². The number of hydrazone groups is 1. The van der Waals surface area contributed by atoms with Gasteiger partial charge in [-0.2, -0.15) is 5.10 Å². The van der Waals surface area contributed by atoms with Crippen LogP contribution in [0, 0.1) is 24.6 Å². The van der Waals surface area contributed by atoms with Crippen LogP contribution >= 0.6 is 0 Å². The highest BCUT2D eigenvalue weighted by atomic mass is 19.1. The third-order valence-electron chi connectivity index (χ3n) is 4.58. The standard InChI is InChI=1S/C12H17FN2.C8H18N4O2.C2H6/c1-10-2-3-11(12(13)8-10)9-15-6-4-14-5-7-15;1-5(2)3-6(8(13)14)4-7(9)11-12-10;1-2/h2-3,8,14H,4-7,9H2,1H3;5-6,12H,3-4,10H2,1-2H3,(H2,9,11)(H,13,14);1-2H3/t;6-;/m.0./s1. The molecule has 178 valence electrons. The molecule has 0 spiro atoms. The lowest BCUT2D eigenvalue weighted by Crippen LogP contribution is -2.43. The second-order valence-electron chi connectivity index (χ2n) is 7.72. The van der Waals surface area contributed by atoms with Gasteiger partial charge in [0.25, 0.3) is 0 Å². The number of hydrogen-bond acceptors (Lipinski definition) is 6. The van der Waals surface area contributed by atoms with Crippen LogP contribution in [-0.4, -0.2) is 48.0 Å². The third-order valence-corrected chi connectivity index (χ3v) is 4.58. The molecule has 8 nitrogen and oxygen atoms in total. The number of nitrogens with two attached hydrogens (primary N) is 2. The fraction of sp³-hybridized carbons (Fsp3) is 0.636. The molecular weight excluding hydrogens is 399 g/mol. The first-order valence-corrected chi connectivity index (χ1v) is 10.9. The van der Waals surface area contributed by atoms with Gasteiger partial charge in [0.15, 0.2) is 0 Å². The molecule has 1 heterocycles. The van der Waals surface area contributed by atoms with E-state index in [0.29, 0.717) is 12.3 Å². The van der Waals surface area contributed by atoms with Gasteiger partial charge in [0.2, 0.25) is 0 Å². The smallest absolute Gasteiger partial charge is 0.306 e. The van der Waals surface area contributed by atoms with Crippen molar-refractivity contribution >= 4 is 11.8 Å². The van der Waals surface area contributed by atoms with Gasteiger partial charge in [0.1, 0.15) is 11.7 Å². The zero-order chi connectivity index (χ0) is 23.8. The number of benzene rings is 1. The lowest BCUT2D eigenvalue weighted by atomic mass is 9.94. The second-order valence-corrected chi connectivity index (χ2v) is 7.72. The molecule has 0 amide bonds. The topological polar surface area (TPSA) is 129 Å². The number of amidine groups is 1. The summed E-state index contributed by atoms with van der Waals surface area (Å²) < 4.78 is 13.6. The lowest BCUT2D eigenvalue weighted by Gasteiger charge is -2.27. The summed E-state index contributed by atoms with van der Waals surface area (Å²) in [4.78, 5) is 13.1. The summed E-state index contributed by atoms with van der Waals surface area (Å²) in [6.07, 6.45) is 0.799. The first-order chi connectivity index (χ1) is 14.7. The number of aryl methyl sites for hydroxylation is 1. The molecule has 2 rings (SSSR count). The van der Waals surface area contributed by atoms with Crippen molar-refractivity contribution < 1.29 is 14.3 Å². The SMILES string of the molecule is CC.CC(C)C[C@@H](C/C(N)=N/NN)C(=O)O.Cc1ccc(CN2CCNCC2)c(F)c1. The molecule has 7 N–H and O–H groups in total. The zero-order valence-electron chi connectivity index (χ0n) is 19.6. The number of piperazine rings is 1. The predicted octanol–water partition coefficient (Wildman–Crippen LogP) is 2.42. The van der Waals surface area contributed by atoms with Crippen LogP contribution in [0.5, 0.6) is 0 Å². The molecule has 31 heavy (non-hydrogen) atoms. The minimum atomic E-state index is -0.853. The van der Waals surface area contributed by atoms with E-state index in [2.05, 4.69) is 15.3 Å². The first kappa shape index (κ1) is 28.8. The Kier molecular flexibility index (Phi) is 15.3. The fourth-order valence-electron chi connectivity index (χ4n) is 3.11. The number of rotatable bonds is 8. The van der Waals surface area contributed by atoms with E-state index in [9.17, 15) is 9.18 Å². The number of nitrogens with one attached hydrogen (secondary N) is 2. The molecule has 9 heteroatoms. The van der Waals surface area contributed by atoms with Crippen molar-refractivity contribution in [3.63, 3.8) is 0 Å². The third kappa shape index (κ3) is 12.9. The van der Waals surface area contributed by atoms with E-state index >= 15 is 0 Å². The Labute approximate surface area is 186 Å². The number of carboxylic acids is 1. The van der Waals surface area contributed by atoms with Crippen molar-refractivity contribution in [2.24, 2.45) is 28.5 Å². The monoisotopic (exact) mass is 440 g/mol. The average molecular weight is 441 g/mol. The van der Waals surface area contributed by atoms with Gasteiger partial charge >= 0.3 is 5.97 Å². The van der Waals surface area contributed by atoms with Crippen molar-refractivity contribution in [2.75, 3.05) is 26.2 Å². The molecule has 1 fully saturated rings. The Balaban J connectivity index is 0.000000540. The molecule has 1 saturated heterocycles. The van der Waals surface area contributed by atoms with Gasteiger partial charge in [-0.15, -0.1) is 0 Å². The van der Waals surface area contributed by atoms with Crippen LogP contribution < -0.4 is 22.4 Å². The van der Waals surface area contributed by atoms with Crippen molar-refractivity contribution in [2.45, 2.75) is 54.0 Å². The maximum absolute atomic E-state index is 13.6. The van der Waals surface area contributed by atoms with Gasteiger partial charge < -0.3 is 16.2 Å². The van der Waals surface area contributed by atoms with E-state index in [1.54, 1.807) is 6.07 Å².